The molecule has 0 bridgehead atoms. The maximum atomic E-state index is 11.5. The van der Waals surface area contributed by atoms with E-state index >= 15 is 0 Å². The summed E-state index contributed by atoms with van der Waals surface area (Å²) >= 11 is 0. The number of carboxylic acid groups (broad SMARTS) is 1. The van der Waals surface area contributed by atoms with Crippen molar-refractivity contribution in [2.45, 2.75) is 26.2 Å². The minimum Gasteiger partial charge on any atom is -0.481 e. The van der Waals surface area contributed by atoms with Gasteiger partial charge in [0.15, 0.2) is 0 Å². The first-order valence-electron chi connectivity index (χ1n) is 6.45. The quantitative estimate of drug-likeness (QED) is 0.871. The number of carbonyl (C=O) groups is 1. The zero-order chi connectivity index (χ0) is 13.9. The smallest absolute Gasteiger partial charge is 0.311 e. The normalized spacial score (nSPS) is 22.5. The molecule has 2 rings (SSSR count). The molecule has 1 aliphatic heterocycles. The highest BCUT2D eigenvalue weighted by Gasteiger charge is 2.44. The Hall–Kier alpha value is -1.85. The van der Waals surface area contributed by atoms with Crippen molar-refractivity contribution in [3.8, 4) is 5.88 Å². The summed E-state index contributed by atoms with van der Waals surface area (Å²) in [7, 11) is 1.55. The van der Waals surface area contributed by atoms with Crippen molar-refractivity contribution < 1.29 is 14.6 Å². The third kappa shape index (κ3) is 2.62. The van der Waals surface area contributed by atoms with Crippen LogP contribution in [0, 0.1) is 5.41 Å². The van der Waals surface area contributed by atoms with Crippen molar-refractivity contribution in [3.63, 3.8) is 0 Å². The van der Waals surface area contributed by atoms with Crippen molar-refractivity contribution in [1.82, 2.24) is 9.97 Å². The number of rotatable bonds is 5. The van der Waals surface area contributed by atoms with Crippen LogP contribution in [0.1, 0.15) is 26.2 Å². The van der Waals surface area contributed by atoms with E-state index in [9.17, 15) is 9.90 Å². The van der Waals surface area contributed by atoms with Gasteiger partial charge in [-0.05, 0) is 12.8 Å². The lowest BCUT2D eigenvalue weighted by Crippen LogP contribution is -2.34. The summed E-state index contributed by atoms with van der Waals surface area (Å²) in [4.78, 5) is 21.7. The lowest BCUT2D eigenvalue weighted by atomic mass is 9.83. The van der Waals surface area contributed by atoms with Gasteiger partial charge in [-0.15, -0.1) is 0 Å². The predicted octanol–water partition coefficient (Wildman–Crippen LogP) is 1.57. The number of aromatic nitrogens is 2. The van der Waals surface area contributed by atoms with E-state index in [4.69, 9.17) is 4.74 Å². The molecular formula is C13H19N3O3. The molecule has 0 radical (unpaired) electrons. The van der Waals surface area contributed by atoms with Gasteiger partial charge in [0.2, 0.25) is 5.88 Å². The van der Waals surface area contributed by atoms with Gasteiger partial charge in [-0.1, -0.05) is 13.3 Å². The lowest BCUT2D eigenvalue weighted by Gasteiger charge is -2.24. The van der Waals surface area contributed by atoms with Crippen LogP contribution in [-0.2, 0) is 4.79 Å². The Morgan fingerprint density at radius 2 is 2.37 bits per heavy atom. The van der Waals surface area contributed by atoms with Gasteiger partial charge in [-0.3, -0.25) is 4.79 Å². The molecule has 1 atom stereocenters. The number of anilines is 1. The number of aliphatic carboxylic acids is 1. The first-order chi connectivity index (χ1) is 9.11. The van der Waals surface area contributed by atoms with Gasteiger partial charge in [0.1, 0.15) is 12.1 Å². The summed E-state index contributed by atoms with van der Waals surface area (Å²) in [5.74, 6) is 0.511. The highest BCUT2D eigenvalue weighted by molar-refractivity contribution is 5.76. The fourth-order valence-electron chi connectivity index (χ4n) is 2.65. The Morgan fingerprint density at radius 1 is 1.58 bits per heavy atom. The average molecular weight is 265 g/mol. The first-order valence-corrected chi connectivity index (χ1v) is 6.45. The van der Waals surface area contributed by atoms with Gasteiger partial charge in [-0.25, -0.2) is 9.97 Å². The third-order valence-electron chi connectivity index (χ3n) is 3.70. The molecular weight excluding hydrogens is 246 g/mol. The van der Waals surface area contributed by atoms with Crippen LogP contribution >= 0.6 is 0 Å². The Balaban J connectivity index is 2.18. The second-order valence-electron chi connectivity index (χ2n) is 4.93. The third-order valence-corrected chi connectivity index (χ3v) is 3.70. The Kier molecular flexibility index (Phi) is 3.87. The van der Waals surface area contributed by atoms with Crippen LogP contribution in [0.15, 0.2) is 12.4 Å². The van der Waals surface area contributed by atoms with Gasteiger partial charge in [-0.2, -0.15) is 0 Å². The van der Waals surface area contributed by atoms with Crippen LogP contribution in [0.2, 0.25) is 0 Å². The van der Waals surface area contributed by atoms with E-state index in [0.29, 0.717) is 31.8 Å². The molecule has 1 unspecified atom stereocenters. The molecule has 0 amide bonds. The number of nitrogens with zero attached hydrogens (tertiary/aromatic N) is 3. The highest BCUT2D eigenvalue weighted by Crippen LogP contribution is 2.37. The Labute approximate surface area is 112 Å². The van der Waals surface area contributed by atoms with Crippen LogP contribution in [0.4, 0.5) is 5.82 Å². The second-order valence-corrected chi connectivity index (χ2v) is 4.93. The molecule has 0 aromatic carbocycles. The fraction of sp³-hybridized carbons (Fsp3) is 0.615. The van der Waals surface area contributed by atoms with E-state index in [2.05, 4.69) is 9.97 Å². The number of methoxy groups -OCH3 is 1. The van der Waals surface area contributed by atoms with Gasteiger partial charge in [0.05, 0.1) is 12.5 Å². The Morgan fingerprint density at radius 3 is 3.00 bits per heavy atom. The van der Waals surface area contributed by atoms with Gasteiger partial charge in [0, 0.05) is 19.2 Å². The van der Waals surface area contributed by atoms with E-state index in [-0.39, 0.29) is 0 Å². The molecule has 1 saturated heterocycles. The molecule has 1 N–H and O–H groups in total. The number of hydrogen-bond donors (Lipinski definition) is 1. The molecule has 0 aliphatic carbocycles. The molecule has 0 saturated carbocycles. The zero-order valence-electron chi connectivity index (χ0n) is 11.3. The van der Waals surface area contributed by atoms with Crippen LogP contribution in [0.5, 0.6) is 5.88 Å². The van der Waals surface area contributed by atoms with E-state index in [1.165, 1.54) is 6.33 Å². The molecule has 104 valence electrons. The minimum atomic E-state index is -0.710. The molecule has 1 fully saturated rings. The molecule has 19 heavy (non-hydrogen) atoms. The first kappa shape index (κ1) is 13.6. The lowest BCUT2D eigenvalue weighted by molar-refractivity contribution is -0.148. The summed E-state index contributed by atoms with van der Waals surface area (Å²) < 4.78 is 5.07. The summed E-state index contributed by atoms with van der Waals surface area (Å²) in [5.41, 5.74) is -0.646. The van der Waals surface area contributed by atoms with Gasteiger partial charge in [0.25, 0.3) is 0 Å². The maximum absolute atomic E-state index is 11.5. The summed E-state index contributed by atoms with van der Waals surface area (Å²) in [5, 5.41) is 9.48. The Bertz CT molecular complexity index is 466. The molecule has 1 aliphatic rings. The molecule has 1 aromatic heterocycles. The van der Waals surface area contributed by atoms with Crippen molar-refractivity contribution in [2.75, 3.05) is 25.1 Å². The van der Waals surface area contributed by atoms with Crippen LogP contribution in [0.25, 0.3) is 0 Å². The average Bonchev–Trinajstić information content (AvgIpc) is 2.85. The number of ether oxygens (including phenoxy) is 1. The van der Waals surface area contributed by atoms with Crippen LogP contribution in [-0.4, -0.2) is 41.2 Å². The van der Waals surface area contributed by atoms with E-state index in [0.717, 1.165) is 12.2 Å². The molecule has 6 nitrogen and oxygen atoms in total. The molecule has 2 heterocycles. The van der Waals surface area contributed by atoms with Crippen molar-refractivity contribution in [1.29, 1.82) is 0 Å². The van der Waals surface area contributed by atoms with E-state index in [1.807, 2.05) is 11.8 Å². The van der Waals surface area contributed by atoms with Crippen molar-refractivity contribution >= 4 is 11.8 Å². The number of carboxylic acids is 1. The summed E-state index contributed by atoms with van der Waals surface area (Å²) in [6.07, 6.45) is 3.66. The van der Waals surface area contributed by atoms with E-state index in [1.54, 1.807) is 13.2 Å². The largest absolute Gasteiger partial charge is 0.481 e. The monoisotopic (exact) mass is 265 g/mol. The molecule has 1 aromatic rings. The predicted molar refractivity (Wildman–Crippen MR) is 70.4 cm³/mol. The van der Waals surface area contributed by atoms with Crippen LogP contribution in [0.3, 0.4) is 0 Å². The standard InChI is InChI=1S/C13H19N3O3/c1-3-4-13(12(17)18)5-6-16(8-13)10-7-11(19-2)15-9-14-10/h7,9H,3-6,8H2,1-2H3,(H,17,18). The van der Waals surface area contributed by atoms with Gasteiger partial charge >= 0.3 is 5.97 Å². The summed E-state index contributed by atoms with van der Waals surface area (Å²) in [6, 6.07) is 1.74. The molecule has 0 spiro atoms. The van der Waals surface area contributed by atoms with Crippen molar-refractivity contribution in [2.24, 2.45) is 5.41 Å². The summed E-state index contributed by atoms with van der Waals surface area (Å²) in [6.45, 7) is 3.21. The zero-order valence-corrected chi connectivity index (χ0v) is 11.3. The SMILES string of the molecule is CCCC1(C(=O)O)CCN(c2cc(OC)ncn2)C1. The second kappa shape index (κ2) is 5.42. The maximum Gasteiger partial charge on any atom is 0.311 e. The topological polar surface area (TPSA) is 75.5 Å². The minimum absolute atomic E-state index is 0.494. The van der Waals surface area contributed by atoms with Gasteiger partial charge < -0.3 is 14.7 Å². The van der Waals surface area contributed by atoms with Crippen LogP contribution < -0.4 is 9.64 Å². The van der Waals surface area contributed by atoms with Crippen molar-refractivity contribution in [3.05, 3.63) is 12.4 Å². The highest BCUT2D eigenvalue weighted by atomic mass is 16.5. The number of hydrogen-bond acceptors (Lipinski definition) is 5. The van der Waals surface area contributed by atoms with E-state index < -0.39 is 11.4 Å². The fourth-order valence-corrected chi connectivity index (χ4v) is 2.65. The molecule has 6 heteroatoms.